The highest BCUT2D eigenvalue weighted by Gasteiger charge is 2.25. The lowest BCUT2D eigenvalue weighted by atomic mass is 10.0. The third kappa shape index (κ3) is 9.53. The number of amides is 2. The van der Waals surface area contributed by atoms with Crippen LogP contribution in [0.1, 0.15) is 46.0 Å². The molecule has 0 aromatic carbocycles. The molecule has 0 aliphatic carbocycles. The van der Waals surface area contributed by atoms with Crippen LogP contribution in [-0.2, 0) is 14.4 Å². The zero-order valence-corrected chi connectivity index (χ0v) is 13.8. The normalized spacial score (nSPS) is 13.0. The van der Waals surface area contributed by atoms with Gasteiger partial charge in [0, 0.05) is 19.4 Å². The zero-order valence-electron chi connectivity index (χ0n) is 13.8. The second-order valence-electron chi connectivity index (χ2n) is 5.72. The van der Waals surface area contributed by atoms with Gasteiger partial charge in [0.05, 0.1) is 6.04 Å². The first-order valence-electron chi connectivity index (χ1n) is 7.78. The van der Waals surface area contributed by atoms with Crippen LogP contribution in [0.4, 0.5) is 0 Å². The molecule has 0 heterocycles. The van der Waals surface area contributed by atoms with E-state index in [1.807, 2.05) is 0 Å². The molecular formula is C16H27N3O4. The summed E-state index contributed by atoms with van der Waals surface area (Å²) in [7, 11) is 0. The Labute approximate surface area is 137 Å². The summed E-state index contributed by atoms with van der Waals surface area (Å²) in [5, 5.41) is 14.2. The van der Waals surface area contributed by atoms with Crippen LogP contribution in [0, 0.1) is 18.3 Å². The summed E-state index contributed by atoms with van der Waals surface area (Å²) < 4.78 is 0. The molecule has 0 saturated heterocycles. The summed E-state index contributed by atoms with van der Waals surface area (Å²) in [5.74, 6) is 0.541. The number of rotatable bonds is 11. The van der Waals surface area contributed by atoms with Gasteiger partial charge < -0.3 is 21.5 Å². The highest BCUT2D eigenvalue weighted by Crippen LogP contribution is 2.04. The SMILES string of the molecule is C#CCCC(=O)NCCCC[C@H](N)C(=O)N[C@H](C(=O)O)C(C)C. The van der Waals surface area contributed by atoms with Crippen molar-refractivity contribution in [1.82, 2.24) is 10.6 Å². The first-order chi connectivity index (χ1) is 10.8. The van der Waals surface area contributed by atoms with Crippen molar-refractivity contribution < 1.29 is 19.5 Å². The van der Waals surface area contributed by atoms with Gasteiger partial charge in [-0.1, -0.05) is 13.8 Å². The number of carbonyl (C=O) groups is 3. The van der Waals surface area contributed by atoms with Crippen LogP contribution in [0.5, 0.6) is 0 Å². The average molecular weight is 325 g/mol. The van der Waals surface area contributed by atoms with Gasteiger partial charge in [-0.2, -0.15) is 0 Å². The quantitative estimate of drug-likeness (QED) is 0.320. The van der Waals surface area contributed by atoms with Gasteiger partial charge in [0.2, 0.25) is 11.8 Å². The molecule has 0 rings (SSSR count). The molecule has 0 bridgehead atoms. The van der Waals surface area contributed by atoms with Crippen molar-refractivity contribution in [1.29, 1.82) is 0 Å². The van der Waals surface area contributed by atoms with Gasteiger partial charge in [0.15, 0.2) is 0 Å². The number of carbonyl (C=O) groups excluding carboxylic acids is 2. The fourth-order valence-electron chi connectivity index (χ4n) is 1.90. The molecule has 0 radical (unpaired) electrons. The van der Waals surface area contributed by atoms with Gasteiger partial charge in [0.1, 0.15) is 6.04 Å². The molecular weight excluding hydrogens is 298 g/mol. The molecule has 23 heavy (non-hydrogen) atoms. The van der Waals surface area contributed by atoms with Crippen molar-refractivity contribution in [3.63, 3.8) is 0 Å². The number of nitrogens with two attached hydrogens (primary N) is 1. The Morgan fingerprint density at radius 3 is 2.43 bits per heavy atom. The van der Waals surface area contributed by atoms with Gasteiger partial charge >= 0.3 is 5.97 Å². The molecule has 0 unspecified atom stereocenters. The maximum Gasteiger partial charge on any atom is 0.326 e. The molecule has 0 aromatic rings. The van der Waals surface area contributed by atoms with E-state index in [1.54, 1.807) is 13.8 Å². The van der Waals surface area contributed by atoms with Crippen LogP contribution < -0.4 is 16.4 Å². The minimum absolute atomic E-state index is 0.0915. The van der Waals surface area contributed by atoms with E-state index in [0.29, 0.717) is 38.6 Å². The Bertz CT molecular complexity index is 443. The summed E-state index contributed by atoms with van der Waals surface area (Å²) in [6.07, 6.45) is 7.56. The summed E-state index contributed by atoms with van der Waals surface area (Å²) >= 11 is 0. The summed E-state index contributed by atoms with van der Waals surface area (Å²) in [5.41, 5.74) is 5.76. The van der Waals surface area contributed by atoms with E-state index in [1.165, 1.54) is 0 Å². The minimum atomic E-state index is -1.07. The number of hydrogen-bond donors (Lipinski definition) is 4. The number of nitrogens with one attached hydrogen (secondary N) is 2. The standard InChI is InChI=1S/C16H27N3O4/c1-4-5-9-13(20)18-10-7-6-8-12(17)15(21)19-14(11(2)3)16(22)23/h1,11-12,14H,5-10,17H2,2-3H3,(H,18,20)(H,19,21)(H,22,23)/t12-,14-/m0/s1. The van der Waals surface area contributed by atoms with Crippen molar-refractivity contribution in [2.75, 3.05) is 6.54 Å². The van der Waals surface area contributed by atoms with Gasteiger partial charge in [-0.3, -0.25) is 9.59 Å². The Kier molecular flexibility index (Phi) is 10.5. The van der Waals surface area contributed by atoms with Crippen molar-refractivity contribution in [2.24, 2.45) is 11.7 Å². The Hall–Kier alpha value is -2.07. The van der Waals surface area contributed by atoms with Gasteiger partial charge in [-0.25, -0.2) is 4.79 Å². The maximum atomic E-state index is 11.9. The van der Waals surface area contributed by atoms with E-state index < -0.39 is 24.0 Å². The highest BCUT2D eigenvalue weighted by atomic mass is 16.4. The number of unbranched alkanes of at least 4 members (excludes halogenated alkanes) is 1. The predicted molar refractivity (Wildman–Crippen MR) is 87.3 cm³/mol. The van der Waals surface area contributed by atoms with Gasteiger partial charge in [-0.15, -0.1) is 12.3 Å². The lowest BCUT2D eigenvalue weighted by Crippen LogP contribution is -2.50. The number of hydrogen-bond acceptors (Lipinski definition) is 4. The largest absolute Gasteiger partial charge is 0.480 e. The first-order valence-corrected chi connectivity index (χ1v) is 7.78. The van der Waals surface area contributed by atoms with E-state index >= 15 is 0 Å². The number of carboxylic acid groups (broad SMARTS) is 1. The maximum absolute atomic E-state index is 11.9. The third-order valence-corrected chi connectivity index (χ3v) is 3.33. The second-order valence-corrected chi connectivity index (χ2v) is 5.72. The molecule has 0 saturated carbocycles. The van der Waals surface area contributed by atoms with Crippen LogP contribution in [0.15, 0.2) is 0 Å². The molecule has 0 fully saturated rings. The van der Waals surface area contributed by atoms with Gasteiger partial charge in [0.25, 0.3) is 0 Å². The number of aliphatic carboxylic acids is 1. The van der Waals surface area contributed by atoms with Crippen molar-refractivity contribution >= 4 is 17.8 Å². The van der Waals surface area contributed by atoms with Gasteiger partial charge in [-0.05, 0) is 25.2 Å². The van der Waals surface area contributed by atoms with Crippen LogP contribution >= 0.6 is 0 Å². The minimum Gasteiger partial charge on any atom is -0.480 e. The molecule has 0 aliphatic rings. The molecule has 7 heteroatoms. The molecule has 130 valence electrons. The predicted octanol–water partition coefficient (Wildman–Crippen LogP) is 0.239. The fourth-order valence-corrected chi connectivity index (χ4v) is 1.90. The van der Waals surface area contributed by atoms with Crippen LogP contribution in [-0.4, -0.2) is 41.5 Å². The summed E-state index contributed by atoms with van der Waals surface area (Å²) in [4.78, 5) is 34.2. The first kappa shape index (κ1) is 20.9. The molecule has 2 amide bonds. The van der Waals surface area contributed by atoms with Crippen molar-refractivity contribution in [3.05, 3.63) is 0 Å². The van der Waals surface area contributed by atoms with Crippen LogP contribution in [0.25, 0.3) is 0 Å². The van der Waals surface area contributed by atoms with Crippen LogP contribution in [0.2, 0.25) is 0 Å². The molecule has 0 aromatic heterocycles. The molecule has 0 aliphatic heterocycles. The molecule has 7 nitrogen and oxygen atoms in total. The Balaban J connectivity index is 3.95. The van der Waals surface area contributed by atoms with E-state index in [9.17, 15) is 14.4 Å². The Morgan fingerprint density at radius 1 is 1.26 bits per heavy atom. The lowest BCUT2D eigenvalue weighted by Gasteiger charge is -2.20. The monoisotopic (exact) mass is 325 g/mol. The average Bonchev–Trinajstić information content (AvgIpc) is 2.48. The summed E-state index contributed by atoms with van der Waals surface area (Å²) in [6, 6.07) is -1.70. The number of terminal acetylenes is 1. The van der Waals surface area contributed by atoms with Crippen LogP contribution in [0.3, 0.4) is 0 Å². The smallest absolute Gasteiger partial charge is 0.326 e. The molecule has 0 spiro atoms. The topological polar surface area (TPSA) is 122 Å². The third-order valence-electron chi connectivity index (χ3n) is 3.33. The van der Waals surface area contributed by atoms with E-state index in [4.69, 9.17) is 17.3 Å². The van der Waals surface area contributed by atoms with Crippen molar-refractivity contribution in [3.8, 4) is 12.3 Å². The van der Waals surface area contributed by atoms with Crippen molar-refractivity contribution in [2.45, 2.75) is 58.0 Å². The lowest BCUT2D eigenvalue weighted by molar-refractivity contribution is -0.143. The molecule has 5 N–H and O–H groups in total. The summed E-state index contributed by atoms with van der Waals surface area (Å²) in [6.45, 7) is 3.93. The molecule has 2 atom stereocenters. The fraction of sp³-hybridized carbons (Fsp3) is 0.688. The highest BCUT2D eigenvalue weighted by molar-refractivity contribution is 5.86. The number of carboxylic acids is 1. The van der Waals surface area contributed by atoms with E-state index in [2.05, 4.69) is 16.6 Å². The zero-order chi connectivity index (χ0) is 17.8. The van der Waals surface area contributed by atoms with E-state index in [-0.39, 0.29) is 11.8 Å². The Morgan fingerprint density at radius 2 is 1.91 bits per heavy atom. The second kappa shape index (κ2) is 11.5. The van der Waals surface area contributed by atoms with E-state index in [0.717, 1.165) is 0 Å².